The van der Waals surface area contributed by atoms with Crippen molar-refractivity contribution in [1.82, 2.24) is 9.88 Å². The fraction of sp³-hybridized carbons (Fsp3) is 0.130. The van der Waals surface area contributed by atoms with Gasteiger partial charge in [-0.1, -0.05) is 48.0 Å². The second-order valence-corrected chi connectivity index (χ2v) is 6.41. The summed E-state index contributed by atoms with van der Waals surface area (Å²) in [4.78, 5) is 12.6. The molecule has 4 nitrogen and oxygen atoms in total. The first-order chi connectivity index (χ1) is 13.1. The topological polar surface area (TPSA) is 57.8 Å². The third kappa shape index (κ3) is 4.34. The first-order valence-corrected chi connectivity index (χ1v) is 8.80. The average molecular weight is 355 g/mol. The van der Waals surface area contributed by atoms with Gasteiger partial charge < -0.3 is 9.88 Å². The highest BCUT2D eigenvalue weighted by atomic mass is 16.1. The predicted octanol–water partition coefficient (Wildman–Crippen LogP) is 4.57. The summed E-state index contributed by atoms with van der Waals surface area (Å²) in [5.74, 6) is -0.384. The molecule has 0 bridgehead atoms. The molecule has 0 aliphatic rings. The van der Waals surface area contributed by atoms with E-state index in [2.05, 4.69) is 5.32 Å². The van der Waals surface area contributed by atoms with Crippen LogP contribution < -0.4 is 5.32 Å². The second-order valence-electron chi connectivity index (χ2n) is 6.41. The normalized spacial score (nSPS) is 12.3. The van der Waals surface area contributed by atoms with Crippen LogP contribution >= 0.6 is 0 Å². The van der Waals surface area contributed by atoms with E-state index in [1.165, 1.54) is 5.56 Å². The summed E-state index contributed by atoms with van der Waals surface area (Å²) < 4.78 is 1.95. The number of rotatable bonds is 5. The smallest absolute Gasteiger partial charge is 0.262 e. The summed E-state index contributed by atoms with van der Waals surface area (Å²) in [6, 6.07) is 23.4. The third-order valence-electron chi connectivity index (χ3n) is 4.40. The summed E-state index contributed by atoms with van der Waals surface area (Å²) in [6.45, 7) is 3.93. The molecule has 0 saturated heterocycles. The first-order valence-electron chi connectivity index (χ1n) is 8.80. The Labute approximate surface area is 159 Å². The number of nitrogens with zero attached hydrogens (tertiary/aromatic N) is 2. The lowest BCUT2D eigenvalue weighted by Crippen LogP contribution is -2.27. The van der Waals surface area contributed by atoms with Gasteiger partial charge in [0.2, 0.25) is 0 Å². The molecule has 1 aromatic heterocycles. The highest BCUT2D eigenvalue weighted by Gasteiger charge is 2.14. The number of benzene rings is 2. The highest BCUT2D eigenvalue weighted by molar-refractivity contribution is 6.01. The molecule has 3 rings (SSSR count). The van der Waals surface area contributed by atoms with E-state index in [0.717, 1.165) is 16.9 Å². The fourth-order valence-corrected chi connectivity index (χ4v) is 2.85. The molecule has 1 heterocycles. The number of nitriles is 1. The Kier molecular flexibility index (Phi) is 5.53. The van der Waals surface area contributed by atoms with Crippen molar-refractivity contribution in [3.63, 3.8) is 0 Å². The van der Waals surface area contributed by atoms with Gasteiger partial charge in [0, 0.05) is 17.6 Å². The Balaban J connectivity index is 1.83. The molecule has 1 amide bonds. The van der Waals surface area contributed by atoms with E-state index in [1.54, 1.807) is 6.08 Å². The van der Waals surface area contributed by atoms with Crippen molar-refractivity contribution in [3.05, 3.63) is 95.3 Å². The van der Waals surface area contributed by atoms with E-state index < -0.39 is 0 Å². The number of nitrogens with one attached hydrogen (secondary N) is 1. The zero-order valence-corrected chi connectivity index (χ0v) is 15.4. The lowest BCUT2D eigenvalue weighted by atomic mass is 10.1. The number of hydrogen-bond acceptors (Lipinski definition) is 2. The summed E-state index contributed by atoms with van der Waals surface area (Å²) in [5.41, 5.74) is 4.00. The summed E-state index contributed by atoms with van der Waals surface area (Å²) in [6.07, 6.45) is 3.53. The monoisotopic (exact) mass is 355 g/mol. The molecule has 1 atom stereocenters. The molecule has 0 saturated carbocycles. The van der Waals surface area contributed by atoms with Gasteiger partial charge in [-0.05, 0) is 49.8 Å². The number of aryl methyl sites for hydroxylation is 1. The van der Waals surface area contributed by atoms with Crippen LogP contribution in [0.1, 0.15) is 29.8 Å². The molecule has 2 aromatic carbocycles. The maximum atomic E-state index is 12.6. The van der Waals surface area contributed by atoms with E-state index in [4.69, 9.17) is 0 Å². The number of amides is 1. The maximum Gasteiger partial charge on any atom is 0.262 e. The lowest BCUT2D eigenvalue weighted by Gasteiger charge is -2.14. The van der Waals surface area contributed by atoms with E-state index in [9.17, 15) is 10.1 Å². The van der Waals surface area contributed by atoms with Gasteiger partial charge in [-0.3, -0.25) is 4.79 Å². The predicted molar refractivity (Wildman–Crippen MR) is 107 cm³/mol. The van der Waals surface area contributed by atoms with Gasteiger partial charge in [-0.25, -0.2) is 0 Å². The Bertz CT molecular complexity index is 992. The van der Waals surface area contributed by atoms with Crippen molar-refractivity contribution in [2.45, 2.75) is 19.9 Å². The molecular formula is C23H21N3O. The SMILES string of the molecule is Cc1ccc(-n2cccc2/C=C(/C#N)C(=O)N[C@H](C)c2ccccc2)cc1. The minimum Gasteiger partial charge on any atom is -0.345 e. The Morgan fingerprint density at radius 2 is 1.78 bits per heavy atom. The number of carbonyl (C=O) groups is 1. The third-order valence-corrected chi connectivity index (χ3v) is 4.40. The van der Waals surface area contributed by atoms with Crippen molar-refractivity contribution in [2.24, 2.45) is 0 Å². The molecule has 1 N–H and O–H groups in total. The van der Waals surface area contributed by atoms with Gasteiger partial charge in [-0.2, -0.15) is 5.26 Å². The van der Waals surface area contributed by atoms with E-state index >= 15 is 0 Å². The zero-order valence-electron chi connectivity index (χ0n) is 15.4. The van der Waals surface area contributed by atoms with Gasteiger partial charge in [0.15, 0.2) is 0 Å². The molecule has 3 aromatic rings. The first kappa shape index (κ1) is 18.2. The van der Waals surface area contributed by atoms with Crippen LogP contribution in [-0.2, 0) is 4.79 Å². The largest absolute Gasteiger partial charge is 0.345 e. The van der Waals surface area contributed by atoms with E-state index in [-0.39, 0.29) is 17.5 Å². The standard InChI is InChI=1S/C23H21N3O/c1-17-10-12-21(13-11-17)26-14-6-9-22(26)15-20(16-24)23(27)25-18(2)19-7-4-3-5-8-19/h3-15,18H,1-2H3,(H,25,27)/b20-15-/t18-/m1/s1. The molecule has 0 spiro atoms. The average Bonchev–Trinajstić information content (AvgIpc) is 3.15. The fourth-order valence-electron chi connectivity index (χ4n) is 2.85. The van der Waals surface area contributed by atoms with Crippen molar-refractivity contribution >= 4 is 12.0 Å². The zero-order chi connectivity index (χ0) is 19.2. The van der Waals surface area contributed by atoms with Crippen LogP contribution in [-0.4, -0.2) is 10.5 Å². The van der Waals surface area contributed by atoms with Crippen LogP contribution in [0.3, 0.4) is 0 Å². The van der Waals surface area contributed by atoms with Crippen LogP contribution in [0.15, 0.2) is 78.5 Å². The number of carbonyl (C=O) groups excluding carboxylic acids is 1. The van der Waals surface area contributed by atoms with Crippen LogP contribution in [0.2, 0.25) is 0 Å². The van der Waals surface area contributed by atoms with E-state index in [1.807, 2.05) is 97.4 Å². The summed E-state index contributed by atoms with van der Waals surface area (Å²) in [5, 5.41) is 12.4. The summed E-state index contributed by atoms with van der Waals surface area (Å²) in [7, 11) is 0. The molecule has 27 heavy (non-hydrogen) atoms. The molecule has 0 fully saturated rings. The molecule has 0 radical (unpaired) electrons. The van der Waals surface area contributed by atoms with E-state index in [0.29, 0.717) is 0 Å². The molecule has 0 aliphatic heterocycles. The highest BCUT2D eigenvalue weighted by Crippen LogP contribution is 2.17. The van der Waals surface area contributed by atoms with Crippen molar-refractivity contribution in [3.8, 4) is 11.8 Å². The molecule has 134 valence electrons. The lowest BCUT2D eigenvalue weighted by molar-refractivity contribution is -0.117. The second kappa shape index (κ2) is 8.20. The Hall–Kier alpha value is -3.58. The van der Waals surface area contributed by atoms with Gasteiger partial charge in [0.05, 0.1) is 6.04 Å². The van der Waals surface area contributed by atoms with Gasteiger partial charge >= 0.3 is 0 Å². The number of hydrogen-bond donors (Lipinski definition) is 1. The minimum absolute atomic E-state index is 0.0739. The molecule has 0 aliphatic carbocycles. The molecular weight excluding hydrogens is 334 g/mol. The minimum atomic E-state index is -0.384. The maximum absolute atomic E-state index is 12.6. The van der Waals surface area contributed by atoms with Gasteiger partial charge in [0.25, 0.3) is 5.91 Å². The Morgan fingerprint density at radius 3 is 2.44 bits per heavy atom. The molecule has 4 heteroatoms. The van der Waals surface area contributed by atoms with Gasteiger partial charge in [0.1, 0.15) is 11.6 Å². The van der Waals surface area contributed by atoms with Crippen LogP contribution in [0, 0.1) is 18.3 Å². The Morgan fingerprint density at radius 1 is 1.07 bits per heavy atom. The van der Waals surface area contributed by atoms with Crippen LogP contribution in [0.4, 0.5) is 0 Å². The van der Waals surface area contributed by atoms with Crippen LogP contribution in [0.25, 0.3) is 11.8 Å². The quantitative estimate of drug-likeness (QED) is 0.538. The van der Waals surface area contributed by atoms with Gasteiger partial charge in [-0.15, -0.1) is 0 Å². The summed E-state index contributed by atoms with van der Waals surface area (Å²) >= 11 is 0. The van der Waals surface area contributed by atoms with Crippen molar-refractivity contribution in [2.75, 3.05) is 0 Å². The number of aromatic nitrogens is 1. The molecule has 0 unspecified atom stereocenters. The van der Waals surface area contributed by atoms with Crippen LogP contribution in [0.5, 0.6) is 0 Å². The van der Waals surface area contributed by atoms with Crippen molar-refractivity contribution in [1.29, 1.82) is 5.26 Å². The van der Waals surface area contributed by atoms with Crippen molar-refractivity contribution < 1.29 is 4.79 Å².